The molecule has 0 spiro atoms. The number of nitrogens with one attached hydrogen (secondary N) is 1. The molecule has 23 heavy (non-hydrogen) atoms. The molecule has 1 N–H and O–H groups in total. The molecule has 0 atom stereocenters. The second kappa shape index (κ2) is 6.00. The normalized spacial score (nSPS) is 10.6. The zero-order valence-electron chi connectivity index (χ0n) is 13.0. The lowest BCUT2D eigenvalue weighted by molar-refractivity contribution is 0.102. The van der Waals surface area contributed by atoms with Gasteiger partial charge in [0.15, 0.2) is 11.5 Å². The summed E-state index contributed by atoms with van der Waals surface area (Å²) >= 11 is 0. The smallest absolute Gasteiger partial charge is 0.255 e. The van der Waals surface area contributed by atoms with Crippen molar-refractivity contribution in [3.05, 3.63) is 47.9 Å². The number of methoxy groups -OCH3 is 2. The number of benzene rings is 2. The van der Waals surface area contributed by atoms with E-state index in [0.29, 0.717) is 39.7 Å². The van der Waals surface area contributed by atoms with Crippen molar-refractivity contribution in [1.29, 1.82) is 0 Å². The maximum atomic E-state index is 12.4. The molecule has 118 valence electrons. The molecule has 0 bridgehead atoms. The van der Waals surface area contributed by atoms with Gasteiger partial charge < -0.3 is 19.2 Å². The molecule has 1 amide bonds. The van der Waals surface area contributed by atoms with Crippen molar-refractivity contribution in [2.24, 2.45) is 0 Å². The zero-order chi connectivity index (χ0) is 16.4. The van der Waals surface area contributed by atoms with Crippen LogP contribution in [0.5, 0.6) is 11.5 Å². The Morgan fingerprint density at radius 2 is 1.78 bits per heavy atom. The largest absolute Gasteiger partial charge is 0.497 e. The summed E-state index contributed by atoms with van der Waals surface area (Å²) in [5, 5.41) is 2.83. The number of amides is 1. The molecular weight excluding hydrogens is 296 g/mol. The van der Waals surface area contributed by atoms with Crippen LogP contribution in [0.1, 0.15) is 16.2 Å². The van der Waals surface area contributed by atoms with Crippen molar-refractivity contribution < 1.29 is 18.7 Å². The van der Waals surface area contributed by atoms with Crippen LogP contribution in [0.25, 0.3) is 11.1 Å². The predicted molar refractivity (Wildman–Crippen MR) is 86.2 cm³/mol. The van der Waals surface area contributed by atoms with E-state index in [1.54, 1.807) is 43.3 Å². The van der Waals surface area contributed by atoms with Gasteiger partial charge >= 0.3 is 0 Å². The summed E-state index contributed by atoms with van der Waals surface area (Å²) in [4.78, 5) is 16.7. The van der Waals surface area contributed by atoms with Gasteiger partial charge in [-0.2, -0.15) is 0 Å². The number of carbonyl (C=O) groups excluding carboxylic acids is 1. The Morgan fingerprint density at radius 1 is 1.09 bits per heavy atom. The van der Waals surface area contributed by atoms with E-state index in [1.807, 2.05) is 0 Å². The van der Waals surface area contributed by atoms with Gasteiger partial charge in [0.1, 0.15) is 17.0 Å². The summed E-state index contributed by atoms with van der Waals surface area (Å²) in [5.74, 6) is 1.43. The quantitative estimate of drug-likeness (QED) is 0.799. The van der Waals surface area contributed by atoms with Crippen molar-refractivity contribution >= 4 is 22.7 Å². The molecule has 0 unspecified atom stereocenters. The SMILES string of the molecule is COc1cc(OC)cc(C(=O)Nc2ccc3oc(C)nc3c2)c1. The zero-order valence-corrected chi connectivity index (χ0v) is 13.0. The number of oxazole rings is 1. The highest BCUT2D eigenvalue weighted by molar-refractivity contribution is 6.05. The van der Waals surface area contributed by atoms with Crippen LogP contribution >= 0.6 is 0 Å². The first-order chi connectivity index (χ1) is 11.1. The number of ether oxygens (including phenoxy) is 2. The Kier molecular flexibility index (Phi) is 3.89. The molecule has 1 heterocycles. The molecule has 2 aromatic carbocycles. The molecule has 0 radical (unpaired) electrons. The number of aryl methyl sites for hydroxylation is 1. The molecule has 6 nitrogen and oxygen atoms in total. The maximum Gasteiger partial charge on any atom is 0.255 e. The second-order valence-electron chi connectivity index (χ2n) is 4.97. The monoisotopic (exact) mass is 312 g/mol. The van der Waals surface area contributed by atoms with E-state index in [1.165, 1.54) is 14.2 Å². The molecule has 3 aromatic rings. The number of rotatable bonds is 4. The van der Waals surface area contributed by atoms with Crippen molar-refractivity contribution in [2.45, 2.75) is 6.92 Å². The van der Waals surface area contributed by atoms with Crippen LogP contribution < -0.4 is 14.8 Å². The van der Waals surface area contributed by atoms with Crippen LogP contribution in [0.4, 0.5) is 5.69 Å². The summed E-state index contributed by atoms with van der Waals surface area (Å²) in [7, 11) is 3.08. The van der Waals surface area contributed by atoms with Crippen LogP contribution in [0.15, 0.2) is 40.8 Å². The van der Waals surface area contributed by atoms with Gasteiger partial charge in [-0.1, -0.05) is 0 Å². The predicted octanol–water partition coefficient (Wildman–Crippen LogP) is 3.41. The number of aromatic nitrogens is 1. The Morgan fingerprint density at radius 3 is 2.43 bits per heavy atom. The highest BCUT2D eigenvalue weighted by Crippen LogP contribution is 2.24. The minimum Gasteiger partial charge on any atom is -0.497 e. The summed E-state index contributed by atoms with van der Waals surface area (Å²) in [5.41, 5.74) is 2.46. The highest BCUT2D eigenvalue weighted by Gasteiger charge is 2.11. The van der Waals surface area contributed by atoms with Crippen LogP contribution in [-0.4, -0.2) is 25.1 Å². The van der Waals surface area contributed by atoms with Crippen LogP contribution in [0, 0.1) is 6.92 Å². The lowest BCUT2D eigenvalue weighted by Crippen LogP contribution is -2.12. The fourth-order valence-corrected chi connectivity index (χ4v) is 2.26. The first-order valence-corrected chi connectivity index (χ1v) is 7.00. The third-order valence-corrected chi connectivity index (χ3v) is 3.37. The number of anilines is 1. The number of carbonyl (C=O) groups is 1. The standard InChI is InChI=1S/C17H16N2O4/c1-10-18-15-8-12(4-5-16(15)23-10)19-17(20)11-6-13(21-2)9-14(7-11)22-3/h4-9H,1-3H3,(H,19,20). The van der Waals surface area contributed by atoms with Crippen LogP contribution in [-0.2, 0) is 0 Å². The third kappa shape index (κ3) is 3.11. The first-order valence-electron chi connectivity index (χ1n) is 7.00. The Hall–Kier alpha value is -3.02. The number of hydrogen-bond acceptors (Lipinski definition) is 5. The first kappa shape index (κ1) is 14.9. The number of fused-ring (bicyclic) bond motifs is 1. The van der Waals surface area contributed by atoms with Gasteiger partial charge in [0, 0.05) is 24.2 Å². The number of hydrogen-bond donors (Lipinski definition) is 1. The summed E-state index contributed by atoms with van der Waals surface area (Å²) < 4.78 is 15.8. The van der Waals surface area contributed by atoms with Gasteiger partial charge in [-0.3, -0.25) is 4.79 Å². The highest BCUT2D eigenvalue weighted by atomic mass is 16.5. The summed E-state index contributed by atoms with van der Waals surface area (Å²) in [6.07, 6.45) is 0. The van der Waals surface area contributed by atoms with Crippen LogP contribution in [0.3, 0.4) is 0 Å². The molecule has 1 aromatic heterocycles. The number of nitrogens with zero attached hydrogens (tertiary/aromatic N) is 1. The molecule has 6 heteroatoms. The van der Waals surface area contributed by atoms with E-state index in [0.717, 1.165) is 0 Å². The lowest BCUT2D eigenvalue weighted by Gasteiger charge is -2.09. The molecule has 0 aliphatic heterocycles. The molecule has 0 saturated carbocycles. The average Bonchev–Trinajstić information content (AvgIpc) is 2.93. The van der Waals surface area contributed by atoms with Gasteiger partial charge in [-0.05, 0) is 30.3 Å². The van der Waals surface area contributed by atoms with E-state index in [2.05, 4.69) is 10.3 Å². The Balaban J connectivity index is 1.87. The van der Waals surface area contributed by atoms with Crippen LogP contribution in [0.2, 0.25) is 0 Å². The molecule has 0 aliphatic rings. The van der Waals surface area contributed by atoms with E-state index in [9.17, 15) is 4.79 Å². The van der Waals surface area contributed by atoms with E-state index >= 15 is 0 Å². The fourth-order valence-electron chi connectivity index (χ4n) is 2.26. The minimum atomic E-state index is -0.262. The molecule has 3 rings (SSSR count). The van der Waals surface area contributed by atoms with Gasteiger partial charge in [0.05, 0.1) is 14.2 Å². The van der Waals surface area contributed by atoms with Crippen molar-refractivity contribution in [3.8, 4) is 11.5 Å². The molecular formula is C17H16N2O4. The second-order valence-corrected chi connectivity index (χ2v) is 4.97. The van der Waals surface area contributed by atoms with E-state index in [-0.39, 0.29) is 5.91 Å². The topological polar surface area (TPSA) is 73.6 Å². The van der Waals surface area contributed by atoms with Crippen molar-refractivity contribution in [2.75, 3.05) is 19.5 Å². The van der Waals surface area contributed by atoms with Gasteiger partial charge in [0.25, 0.3) is 5.91 Å². The fraction of sp³-hybridized carbons (Fsp3) is 0.176. The summed E-state index contributed by atoms with van der Waals surface area (Å²) in [6.45, 7) is 1.78. The average molecular weight is 312 g/mol. The van der Waals surface area contributed by atoms with Gasteiger partial charge in [-0.25, -0.2) is 4.98 Å². The molecule has 0 aliphatic carbocycles. The van der Waals surface area contributed by atoms with Crippen molar-refractivity contribution in [3.63, 3.8) is 0 Å². The van der Waals surface area contributed by atoms with E-state index < -0.39 is 0 Å². The van der Waals surface area contributed by atoms with E-state index in [4.69, 9.17) is 13.9 Å². The third-order valence-electron chi connectivity index (χ3n) is 3.37. The minimum absolute atomic E-state index is 0.262. The molecule has 0 saturated heterocycles. The van der Waals surface area contributed by atoms with Crippen molar-refractivity contribution in [1.82, 2.24) is 4.98 Å². The summed E-state index contributed by atoms with van der Waals surface area (Å²) in [6, 6.07) is 10.3. The lowest BCUT2D eigenvalue weighted by atomic mass is 10.1. The Labute approximate surface area is 133 Å². The maximum absolute atomic E-state index is 12.4. The molecule has 0 fully saturated rings. The van der Waals surface area contributed by atoms with Gasteiger partial charge in [0.2, 0.25) is 0 Å². The van der Waals surface area contributed by atoms with Gasteiger partial charge in [-0.15, -0.1) is 0 Å². The Bertz CT molecular complexity index is 848.